The summed E-state index contributed by atoms with van der Waals surface area (Å²) in [5, 5.41) is 0. The summed E-state index contributed by atoms with van der Waals surface area (Å²) >= 11 is 0. The maximum atomic E-state index is 11.0. The van der Waals surface area contributed by atoms with Crippen molar-refractivity contribution in [2.24, 2.45) is 11.8 Å². The summed E-state index contributed by atoms with van der Waals surface area (Å²) in [6.45, 7) is 2.77. The van der Waals surface area contributed by atoms with Crippen molar-refractivity contribution in [2.45, 2.75) is 38.7 Å². The lowest BCUT2D eigenvalue weighted by atomic mass is 9.79. The van der Waals surface area contributed by atoms with E-state index < -0.39 is 13.9 Å². The van der Waals surface area contributed by atoms with Crippen LogP contribution in [-0.2, 0) is 9.09 Å². The zero-order chi connectivity index (χ0) is 14.0. The van der Waals surface area contributed by atoms with Crippen LogP contribution in [0.4, 0.5) is 0 Å². The van der Waals surface area contributed by atoms with E-state index in [1.165, 1.54) is 6.42 Å². The molecule has 6 heteroatoms. The molecule has 1 fully saturated rings. The quantitative estimate of drug-likeness (QED) is 0.609. The van der Waals surface area contributed by atoms with Gasteiger partial charge >= 0.3 is 0 Å². The second-order valence-corrected chi connectivity index (χ2v) is 7.77. The van der Waals surface area contributed by atoms with E-state index in [1.807, 2.05) is 21.1 Å². The van der Waals surface area contributed by atoms with Gasteiger partial charge in [-0.05, 0) is 24.7 Å². The van der Waals surface area contributed by atoms with Crippen LogP contribution in [-0.4, -0.2) is 43.2 Å². The highest BCUT2D eigenvalue weighted by molar-refractivity contribution is 7.44. The predicted molar refractivity (Wildman–Crippen MR) is 68.7 cm³/mol. The minimum Gasteiger partial charge on any atom is -0.756 e. The van der Waals surface area contributed by atoms with E-state index in [1.54, 1.807) is 0 Å². The van der Waals surface area contributed by atoms with E-state index in [0.717, 1.165) is 19.3 Å². The molecule has 0 amide bonds. The van der Waals surface area contributed by atoms with Crippen LogP contribution in [0, 0.1) is 11.8 Å². The highest BCUT2D eigenvalue weighted by atomic mass is 31.2. The predicted octanol–water partition coefficient (Wildman–Crippen LogP) is 1.36. The fraction of sp³-hybridized carbons (Fsp3) is 1.00. The smallest absolute Gasteiger partial charge is 0.265 e. The Morgan fingerprint density at radius 2 is 2.06 bits per heavy atom. The van der Waals surface area contributed by atoms with Crippen LogP contribution in [0.3, 0.4) is 0 Å². The molecule has 1 aliphatic carbocycles. The first kappa shape index (κ1) is 16.1. The van der Waals surface area contributed by atoms with Gasteiger partial charge in [0, 0.05) is 0 Å². The van der Waals surface area contributed by atoms with Crippen LogP contribution in [0.25, 0.3) is 0 Å². The van der Waals surface area contributed by atoms with Gasteiger partial charge in [-0.3, -0.25) is 4.57 Å². The molecule has 1 aliphatic rings. The molecule has 0 radical (unpaired) electrons. The molecule has 108 valence electrons. The monoisotopic (exact) mass is 279 g/mol. The summed E-state index contributed by atoms with van der Waals surface area (Å²) in [5.74, 6) is 0.826. The largest absolute Gasteiger partial charge is 0.756 e. The first-order valence-electron chi connectivity index (χ1n) is 6.59. The number of phosphoric acid groups is 1. The molecule has 0 aromatic rings. The first-order chi connectivity index (χ1) is 8.07. The van der Waals surface area contributed by atoms with Crippen molar-refractivity contribution >= 4 is 7.82 Å². The molecule has 0 bridgehead atoms. The van der Waals surface area contributed by atoms with Crippen LogP contribution in [0.15, 0.2) is 0 Å². The molecule has 1 N–H and O–H groups in total. The number of hydrogen-bond acceptors (Lipinski definition) is 3. The molecule has 0 heterocycles. The van der Waals surface area contributed by atoms with Crippen LogP contribution >= 0.6 is 7.82 Å². The molecule has 1 rings (SSSR count). The zero-order valence-electron chi connectivity index (χ0n) is 11.8. The molecule has 0 aromatic heterocycles. The summed E-state index contributed by atoms with van der Waals surface area (Å²) in [4.78, 5) is 20.0. The van der Waals surface area contributed by atoms with Crippen molar-refractivity contribution in [3.8, 4) is 0 Å². The van der Waals surface area contributed by atoms with Crippen molar-refractivity contribution in [2.75, 3.05) is 27.7 Å². The number of quaternary nitrogens is 1. The second kappa shape index (κ2) is 6.02. The Kier molecular flexibility index (Phi) is 5.39. The average Bonchev–Trinajstić information content (AvgIpc) is 2.12. The molecule has 0 spiro atoms. The molecule has 1 saturated carbocycles. The third-order valence-electron chi connectivity index (χ3n) is 3.50. The minimum absolute atomic E-state index is 0.223. The van der Waals surface area contributed by atoms with Gasteiger partial charge in [-0.15, -0.1) is 0 Å². The average molecular weight is 279 g/mol. The van der Waals surface area contributed by atoms with Crippen molar-refractivity contribution in [1.29, 1.82) is 0 Å². The van der Waals surface area contributed by atoms with Crippen molar-refractivity contribution < 1.29 is 23.4 Å². The standard InChI is InChI=1S/C12H26NO4P/c1-10-6-5-7-11(8-10)12(9-13(2,3)4)17-18(14,15)16/h10-12H,5-9H2,1-4H3,(H-,14,15,16). The normalized spacial score (nSPS) is 30.8. The Labute approximate surface area is 110 Å². The van der Waals surface area contributed by atoms with Crippen molar-refractivity contribution in [1.82, 2.24) is 0 Å². The van der Waals surface area contributed by atoms with Crippen LogP contribution in [0.5, 0.6) is 0 Å². The lowest BCUT2D eigenvalue weighted by molar-refractivity contribution is -0.873. The fourth-order valence-electron chi connectivity index (χ4n) is 2.80. The van der Waals surface area contributed by atoms with Crippen LogP contribution < -0.4 is 4.89 Å². The van der Waals surface area contributed by atoms with E-state index in [-0.39, 0.29) is 5.92 Å². The number of hydrogen-bond donors (Lipinski definition) is 1. The lowest BCUT2D eigenvalue weighted by Gasteiger charge is -2.38. The first-order valence-corrected chi connectivity index (χ1v) is 8.09. The maximum Gasteiger partial charge on any atom is 0.265 e. The van der Waals surface area contributed by atoms with Crippen molar-refractivity contribution in [3.05, 3.63) is 0 Å². The van der Waals surface area contributed by atoms with Crippen molar-refractivity contribution in [3.63, 3.8) is 0 Å². The zero-order valence-corrected chi connectivity index (χ0v) is 12.7. The Morgan fingerprint density at radius 3 is 2.50 bits per heavy atom. The van der Waals surface area contributed by atoms with Gasteiger partial charge in [0.25, 0.3) is 7.82 Å². The van der Waals surface area contributed by atoms with Gasteiger partial charge < -0.3 is 18.8 Å². The Hall–Kier alpha value is 0.0700. The second-order valence-electron chi connectivity index (χ2n) is 6.62. The van der Waals surface area contributed by atoms with Crippen LogP contribution in [0.2, 0.25) is 0 Å². The summed E-state index contributed by atoms with van der Waals surface area (Å²) in [5.41, 5.74) is 0. The fourth-order valence-corrected chi connectivity index (χ4v) is 3.38. The number of rotatable bonds is 5. The van der Waals surface area contributed by atoms with Gasteiger partial charge in [-0.25, -0.2) is 0 Å². The molecule has 4 atom stereocenters. The Balaban J connectivity index is 2.72. The highest BCUT2D eigenvalue weighted by Crippen LogP contribution is 2.40. The highest BCUT2D eigenvalue weighted by Gasteiger charge is 2.33. The summed E-state index contributed by atoms with van der Waals surface area (Å²) in [6, 6.07) is 0. The van der Waals surface area contributed by atoms with E-state index in [2.05, 4.69) is 6.92 Å². The summed E-state index contributed by atoms with van der Waals surface area (Å²) in [7, 11) is 1.33. The lowest BCUT2D eigenvalue weighted by Crippen LogP contribution is -2.46. The SMILES string of the molecule is CC1CCCC(C(C[N+](C)(C)C)OP(=O)([O-])O)C1. The topological polar surface area (TPSA) is 69.6 Å². The van der Waals surface area contributed by atoms with E-state index in [0.29, 0.717) is 16.9 Å². The molecule has 0 saturated heterocycles. The molecule has 0 aromatic carbocycles. The minimum atomic E-state index is -4.65. The third kappa shape index (κ3) is 6.30. The van der Waals surface area contributed by atoms with Gasteiger partial charge in [-0.2, -0.15) is 0 Å². The molecule has 5 nitrogen and oxygen atoms in total. The summed E-state index contributed by atoms with van der Waals surface area (Å²) in [6.07, 6.45) is 3.85. The number of likely N-dealkylation sites (N-methyl/N-ethyl adjacent to an activating group) is 1. The van der Waals surface area contributed by atoms with E-state index >= 15 is 0 Å². The Morgan fingerprint density at radius 1 is 1.44 bits per heavy atom. The maximum absolute atomic E-state index is 11.0. The molecule has 4 unspecified atom stereocenters. The molecular weight excluding hydrogens is 253 g/mol. The van der Waals surface area contributed by atoms with E-state index in [4.69, 9.17) is 9.42 Å². The summed E-state index contributed by atoms with van der Waals surface area (Å²) < 4.78 is 16.6. The molecule has 18 heavy (non-hydrogen) atoms. The molecular formula is C12H26NO4P. The number of nitrogens with zero attached hydrogens (tertiary/aromatic N) is 1. The van der Waals surface area contributed by atoms with Gasteiger partial charge in [0.2, 0.25) is 0 Å². The van der Waals surface area contributed by atoms with Gasteiger partial charge in [0.15, 0.2) is 0 Å². The van der Waals surface area contributed by atoms with Crippen LogP contribution in [0.1, 0.15) is 32.6 Å². The molecule has 0 aliphatic heterocycles. The van der Waals surface area contributed by atoms with Gasteiger partial charge in [0.1, 0.15) is 12.6 Å². The van der Waals surface area contributed by atoms with E-state index in [9.17, 15) is 9.46 Å². The van der Waals surface area contributed by atoms with Gasteiger partial charge in [-0.1, -0.05) is 19.8 Å². The van der Waals surface area contributed by atoms with Gasteiger partial charge in [0.05, 0.1) is 21.1 Å². The number of phosphoric ester groups is 1. The Bertz CT molecular complexity index is 310. The third-order valence-corrected chi connectivity index (χ3v) is 4.04.